The van der Waals surface area contributed by atoms with Crippen LogP contribution in [-0.4, -0.2) is 28.7 Å². The zero-order chi connectivity index (χ0) is 14.4. The lowest BCUT2D eigenvalue weighted by atomic mass is 10.0. The molecular weight excluding hydrogens is 370 g/mol. The molecule has 1 rings (SSSR count). The maximum absolute atomic E-state index is 12.8. The molecule has 0 saturated heterocycles. The first-order valence-corrected chi connectivity index (χ1v) is 8.60. The minimum atomic E-state index is 0.131. The largest absolute Gasteiger partial charge is 0.335 e. The summed E-state index contributed by atoms with van der Waals surface area (Å²) < 4.78 is 0.988. The maximum Gasteiger partial charge on any atom is 0.254 e. The molecular formula is C15H21Br2NO. The predicted octanol–water partition coefficient (Wildman–Crippen LogP) is 4.78. The zero-order valence-corrected chi connectivity index (χ0v) is 14.9. The Bertz CT molecular complexity index is 430. The summed E-state index contributed by atoms with van der Waals surface area (Å²) in [6.45, 7) is 7.00. The number of halogens is 2. The summed E-state index contributed by atoms with van der Waals surface area (Å²) in [5.41, 5.74) is 1.81. The van der Waals surface area contributed by atoms with Crippen molar-refractivity contribution in [3.8, 4) is 0 Å². The molecule has 0 N–H and O–H groups in total. The lowest BCUT2D eigenvalue weighted by Crippen LogP contribution is -2.41. The monoisotopic (exact) mass is 389 g/mol. The molecule has 2 nitrogen and oxygen atoms in total. The van der Waals surface area contributed by atoms with E-state index in [0.29, 0.717) is 6.04 Å². The molecule has 1 amide bonds. The first-order chi connectivity index (χ1) is 9.06. The van der Waals surface area contributed by atoms with Crippen LogP contribution in [0.2, 0.25) is 0 Å². The Kier molecular flexibility index (Phi) is 7.08. The molecule has 0 heterocycles. The zero-order valence-electron chi connectivity index (χ0n) is 11.7. The van der Waals surface area contributed by atoms with Gasteiger partial charge >= 0.3 is 0 Å². The number of rotatable bonds is 6. The van der Waals surface area contributed by atoms with Gasteiger partial charge in [-0.1, -0.05) is 51.8 Å². The third-order valence-electron chi connectivity index (χ3n) is 3.47. The molecule has 0 bridgehead atoms. The second-order valence-corrected chi connectivity index (χ2v) is 6.22. The molecule has 0 saturated carbocycles. The van der Waals surface area contributed by atoms with Gasteiger partial charge in [-0.25, -0.2) is 0 Å². The number of hydrogen-bond acceptors (Lipinski definition) is 1. The van der Waals surface area contributed by atoms with Crippen LogP contribution >= 0.6 is 31.9 Å². The molecule has 4 heteroatoms. The van der Waals surface area contributed by atoms with Gasteiger partial charge < -0.3 is 4.90 Å². The van der Waals surface area contributed by atoms with E-state index in [9.17, 15) is 4.79 Å². The highest BCUT2D eigenvalue weighted by Crippen LogP contribution is 2.22. The minimum Gasteiger partial charge on any atom is -0.335 e. The van der Waals surface area contributed by atoms with Crippen LogP contribution in [0.15, 0.2) is 22.7 Å². The summed E-state index contributed by atoms with van der Waals surface area (Å²) >= 11 is 6.94. The van der Waals surface area contributed by atoms with Crippen molar-refractivity contribution in [1.29, 1.82) is 0 Å². The lowest BCUT2D eigenvalue weighted by Gasteiger charge is -2.30. The van der Waals surface area contributed by atoms with Crippen molar-refractivity contribution in [3.05, 3.63) is 33.8 Å². The second kappa shape index (κ2) is 8.05. The van der Waals surface area contributed by atoms with Gasteiger partial charge in [0, 0.05) is 28.0 Å². The van der Waals surface area contributed by atoms with Crippen molar-refractivity contribution in [2.24, 2.45) is 0 Å². The average Bonchev–Trinajstić information content (AvgIpc) is 2.41. The number of amides is 1. The van der Waals surface area contributed by atoms with Gasteiger partial charge in [-0.2, -0.15) is 0 Å². The second-order valence-electron chi connectivity index (χ2n) is 4.57. The first-order valence-electron chi connectivity index (χ1n) is 6.68. The number of alkyl halides is 1. The van der Waals surface area contributed by atoms with E-state index < -0.39 is 0 Å². The molecule has 0 unspecified atom stereocenters. The Morgan fingerprint density at radius 1 is 1.32 bits per heavy atom. The van der Waals surface area contributed by atoms with Gasteiger partial charge in [-0.15, -0.1) is 0 Å². The van der Waals surface area contributed by atoms with Crippen LogP contribution in [0.3, 0.4) is 0 Å². The van der Waals surface area contributed by atoms with E-state index >= 15 is 0 Å². The highest BCUT2D eigenvalue weighted by Gasteiger charge is 2.23. The highest BCUT2D eigenvalue weighted by atomic mass is 79.9. The van der Waals surface area contributed by atoms with Crippen molar-refractivity contribution >= 4 is 37.8 Å². The Balaban J connectivity index is 3.08. The minimum absolute atomic E-state index is 0.131. The molecule has 19 heavy (non-hydrogen) atoms. The van der Waals surface area contributed by atoms with Crippen molar-refractivity contribution in [2.45, 2.75) is 39.7 Å². The van der Waals surface area contributed by atoms with Crippen molar-refractivity contribution < 1.29 is 4.79 Å². The van der Waals surface area contributed by atoms with E-state index in [-0.39, 0.29) is 5.91 Å². The molecule has 106 valence electrons. The molecule has 0 atom stereocenters. The summed E-state index contributed by atoms with van der Waals surface area (Å²) in [5.74, 6) is 0.131. The first kappa shape index (κ1) is 16.7. The van der Waals surface area contributed by atoms with Gasteiger partial charge in [0.1, 0.15) is 0 Å². The van der Waals surface area contributed by atoms with Gasteiger partial charge in [0.2, 0.25) is 0 Å². The van der Waals surface area contributed by atoms with Crippen LogP contribution in [0, 0.1) is 6.92 Å². The van der Waals surface area contributed by atoms with Crippen LogP contribution in [0.25, 0.3) is 0 Å². The standard InChI is InChI=1S/C15H21Br2NO/c1-4-12(5-2)18(10-9-16)15(19)13-7-6-8-14(17)11(13)3/h6-8,12H,4-5,9-10H2,1-3H3. The third-order valence-corrected chi connectivity index (χ3v) is 4.68. The van der Waals surface area contributed by atoms with E-state index in [1.807, 2.05) is 30.0 Å². The van der Waals surface area contributed by atoms with Crippen LogP contribution in [0.1, 0.15) is 42.6 Å². The quantitative estimate of drug-likeness (QED) is 0.639. The van der Waals surface area contributed by atoms with Crippen LogP contribution < -0.4 is 0 Å². The SMILES string of the molecule is CCC(CC)N(CCBr)C(=O)c1cccc(Br)c1C. The molecule has 1 aromatic carbocycles. The lowest BCUT2D eigenvalue weighted by molar-refractivity contribution is 0.0682. The summed E-state index contributed by atoms with van der Waals surface area (Å²) in [7, 11) is 0. The fourth-order valence-corrected chi connectivity index (χ4v) is 3.01. The van der Waals surface area contributed by atoms with Crippen molar-refractivity contribution in [3.63, 3.8) is 0 Å². The topological polar surface area (TPSA) is 20.3 Å². The normalized spacial score (nSPS) is 10.8. The number of carbonyl (C=O) groups is 1. The van der Waals surface area contributed by atoms with Crippen molar-refractivity contribution in [1.82, 2.24) is 4.90 Å². The van der Waals surface area contributed by atoms with Gasteiger partial charge in [0.05, 0.1) is 0 Å². The number of nitrogens with zero attached hydrogens (tertiary/aromatic N) is 1. The van der Waals surface area contributed by atoms with E-state index in [2.05, 4.69) is 45.7 Å². The molecule has 0 aliphatic carbocycles. The van der Waals surface area contributed by atoms with E-state index in [1.165, 1.54) is 0 Å². The summed E-state index contributed by atoms with van der Waals surface area (Å²) in [6.07, 6.45) is 1.98. The molecule has 1 aromatic rings. The number of benzene rings is 1. The maximum atomic E-state index is 12.8. The van der Waals surface area contributed by atoms with E-state index in [1.54, 1.807) is 0 Å². The van der Waals surface area contributed by atoms with E-state index in [0.717, 1.165) is 40.3 Å². The molecule has 0 aliphatic heterocycles. The fourth-order valence-electron chi connectivity index (χ4n) is 2.26. The summed E-state index contributed by atoms with van der Waals surface area (Å²) in [4.78, 5) is 14.7. The molecule has 0 spiro atoms. The average molecular weight is 391 g/mol. The van der Waals surface area contributed by atoms with Gasteiger partial charge in [-0.05, 0) is 37.5 Å². The molecule has 0 aliphatic rings. The van der Waals surface area contributed by atoms with E-state index in [4.69, 9.17) is 0 Å². The molecule has 0 fully saturated rings. The summed E-state index contributed by atoms with van der Waals surface area (Å²) in [6, 6.07) is 6.11. The van der Waals surface area contributed by atoms with Crippen LogP contribution in [0.4, 0.5) is 0 Å². The number of hydrogen-bond donors (Lipinski definition) is 0. The highest BCUT2D eigenvalue weighted by molar-refractivity contribution is 9.10. The Morgan fingerprint density at radius 2 is 1.95 bits per heavy atom. The molecule has 0 radical (unpaired) electrons. The smallest absolute Gasteiger partial charge is 0.254 e. The Morgan fingerprint density at radius 3 is 2.47 bits per heavy atom. The van der Waals surface area contributed by atoms with Crippen molar-refractivity contribution in [2.75, 3.05) is 11.9 Å². The van der Waals surface area contributed by atoms with Crippen LogP contribution in [-0.2, 0) is 0 Å². The third kappa shape index (κ3) is 4.06. The van der Waals surface area contributed by atoms with Gasteiger partial charge in [0.25, 0.3) is 5.91 Å². The fraction of sp³-hybridized carbons (Fsp3) is 0.533. The van der Waals surface area contributed by atoms with Gasteiger partial charge in [-0.3, -0.25) is 4.79 Å². The van der Waals surface area contributed by atoms with Crippen LogP contribution in [0.5, 0.6) is 0 Å². The van der Waals surface area contributed by atoms with Gasteiger partial charge in [0.15, 0.2) is 0 Å². The Labute approximate surface area is 132 Å². The Hall–Kier alpha value is -0.350. The predicted molar refractivity (Wildman–Crippen MR) is 88.1 cm³/mol. The summed E-state index contributed by atoms with van der Waals surface area (Å²) in [5, 5.41) is 0.808. The molecule has 0 aromatic heterocycles. The number of carbonyl (C=O) groups excluding carboxylic acids is 1.